The number of para-hydroxylation sites is 1. The predicted octanol–water partition coefficient (Wildman–Crippen LogP) is 4.43. The van der Waals surface area contributed by atoms with Crippen molar-refractivity contribution in [2.24, 2.45) is 5.41 Å². The van der Waals surface area contributed by atoms with E-state index in [1.165, 1.54) is 4.70 Å². The van der Waals surface area contributed by atoms with Crippen LogP contribution in [0.2, 0.25) is 0 Å². The SMILES string of the molecule is CC(C)(CCCCl)CNCc1nc2ccccc2s1. The minimum atomic E-state index is 0.297. The first kappa shape index (κ1) is 14.8. The second-order valence-corrected chi connectivity index (χ2v) is 7.13. The Labute approximate surface area is 124 Å². The van der Waals surface area contributed by atoms with E-state index in [4.69, 9.17) is 11.6 Å². The number of aromatic nitrogens is 1. The molecule has 0 spiro atoms. The number of hydrogen-bond donors (Lipinski definition) is 1. The van der Waals surface area contributed by atoms with E-state index in [1.54, 1.807) is 11.3 Å². The number of fused-ring (bicyclic) bond motifs is 1. The summed E-state index contributed by atoms with van der Waals surface area (Å²) in [6.45, 7) is 6.42. The lowest BCUT2D eigenvalue weighted by molar-refractivity contribution is 0.311. The highest BCUT2D eigenvalue weighted by Crippen LogP contribution is 2.23. The topological polar surface area (TPSA) is 24.9 Å². The summed E-state index contributed by atoms with van der Waals surface area (Å²) < 4.78 is 1.26. The summed E-state index contributed by atoms with van der Waals surface area (Å²) >= 11 is 7.52. The summed E-state index contributed by atoms with van der Waals surface area (Å²) in [6.07, 6.45) is 2.24. The average molecular weight is 297 g/mol. The Morgan fingerprint density at radius 2 is 2.11 bits per heavy atom. The van der Waals surface area contributed by atoms with Crippen molar-refractivity contribution in [3.63, 3.8) is 0 Å². The zero-order chi connectivity index (χ0) is 13.7. The van der Waals surface area contributed by atoms with Crippen LogP contribution in [0.5, 0.6) is 0 Å². The molecule has 0 aliphatic carbocycles. The molecule has 19 heavy (non-hydrogen) atoms. The van der Waals surface area contributed by atoms with E-state index in [1.807, 2.05) is 6.07 Å². The second-order valence-electron chi connectivity index (χ2n) is 5.64. The smallest absolute Gasteiger partial charge is 0.108 e. The fourth-order valence-electron chi connectivity index (χ4n) is 2.14. The number of alkyl halides is 1. The van der Waals surface area contributed by atoms with Gasteiger partial charge in [-0.25, -0.2) is 4.98 Å². The molecule has 0 atom stereocenters. The van der Waals surface area contributed by atoms with Gasteiger partial charge in [0.15, 0.2) is 0 Å². The van der Waals surface area contributed by atoms with Crippen LogP contribution >= 0.6 is 22.9 Å². The summed E-state index contributed by atoms with van der Waals surface area (Å²) in [5.41, 5.74) is 1.40. The number of rotatable bonds is 7. The summed E-state index contributed by atoms with van der Waals surface area (Å²) in [5.74, 6) is 0.751. The van der Waals surface area contributed by atoms with Crippen LogP contribution in [0.4, 0.5) is 0 Å². The molecule has 0 amide bonds. The number of hydrogen-bond acceptors (Lipinski definition) is 3. The minimum Gasteiger partial charge on any atom is -0.310 e. The maximum atomic E-state index is 5.75. The first-order valence-electron chi connectivity index (χ1n) is 6.72. The molecule has 0 bridgehead atoms. The molecule has 0 unspecified atom stereocenters. The third-order valence-electron chi connectivity index (χ3n) is 3.21. The number of benzene rings is 1. The third-order valence-corrected chi connectivity index (χ3v) is 4.51. The highest BCUT2D eigenvalue weighted by Gasteiger charge is 2.16. The van der Waals surface area contributed by atoms with Gasteiger partial charge in [0.25, 0.3) is 0 Å². The van der Waals surface area contributed by atoms with Crippen LogP contribution in [-0.4, -0.2) is 17.4 Å². The van der Waals surface area contributed by atoms with Gasteiger partial charge >= 0.3 is 0 Å². The molecule has 2 aromatic rings. The lowest BCUT2D eigenvalue weighted by atomic mass is 9.88. The molecule has 0 aliphatic rings. The Morgan fingerprint density at radius 3 is 2.84 bits per heavy atom. The Balaban J connectivity index is 1.85. The summed E-state index contributed by atoms with van der Waals surface area (Å²) in [5, 5.41) is 4.68. The van der Waals surface area contributed by atoms with Crippen molar-refractivity contribution >= 4 is 33.2 Å². The van der Waals surface area contributed by atoms with Crippen LogP contribution in [0.1, 0.15) is 31.7 Å². The summed E-state index contributed by atoms with van der Waals surface area (Å²) in [7, 11) is 0. The van der Waals surface area contributed by atoms with Gasteiger partial charge in [-0.15, -0.1) is 22.9 Å². The molecule has 104 valence electrons. The third kappa shape index (κ3) is 4.44. The van der Waals surface area contributed by atoms with Crippen molar-refractivity contribution in [2.75, 3.05) is 12.4 Å². The van der Waals surface area contributed by atoms with Gasteiger partial charge in [-0.3, -0.25) is 0 Å². The van der Waals surface area contributed by atoms with Crippen molar-refractivity contribution in [1.82, 2.24) is 10.3 Å². The van der Waals surface area contributed by atoms with Crippen molar-refractivity contribution in [2.45, 2.75) is 33.2 Å². The fourth-order valence-corrected chi connectivity index (χ4v) is 3.21. The van der Waals surface area contributed by atoms with Gasteiger partial charge in [0.05, 0.1) is 10.2 Å². The van der Waals surface area contributed by atoms with Crippen LogP contribution in [0, 0.1) is 5.41 Å². The molecule has 1 N–H and O–H groups in total. The van der Waals surface area contributed by atoms with Crippen LogP contribution in [0.15, 0.2) is 24.3 Å². The molecule has 1 aromatic carbocycles. The van der Waals surface area contributed by atoms with Crippen LogP contribution in [-0.2, 0) is 6.54 Å². The average Bonchev–Trinajstić information content (AvgIpc) is 2.78. The standard InChI is InChI=1S/C15H21ClN2S/c1-15(2,8-5-9-16)11-17-10-14-18-12-6-3-4-7-13(12)19-14/h3-4,6-7,17H,5,8-11H2,1-2H3. The maximum Gasteiger partial charge on any atom is 0.108 e. The van der Waals surface area contributed by atoms with E-state index in [0.717, 1.165) is 42.3 Å². The Morgan fingerprint density at radius 1 is 1.32 bits per heavy atom. The molecule has 1 heterocycles. The zero-order valence-electron chi connectivity index (χ0n) is 11.6. The van der Waals surface area contributed by atoms with Crippen molar-refractivity contribution in [1.29, 1.82) is 0 Å². The van der Waals surface area contributed by atoms with E-state index in [2.05, 4.69) is 42.3 Å². The van der Waals surface area contributed by atoms with E-state index < -0.39 is 0 Å². The molecule has 2 rings (SSSR count). The molecule has 2 nitrogen and oxygen atoms in total. The lowest BCUT2D eigenvalue weighted by Crippen LogP contribution is -2.29. The number of nitrogens with zero attached hydrogens (tertiary/aromatic N) is 1. The van der Waals surface area contributed by atoms with E-state index in [-0.39, 0.29) is 0 Å². The van der Waals surface area contributed by atoms with Crippen molar-refractivity contribution in [3.05, 3.63) is 29.3 Å². The summed E-state index contributed by atoms with van der Waals surface area (Å²) in [6, 6.07) is 8.29. The quantitative estimate of drug-likeness (QED) is 0.765. The largest absolute Gasteiger partial charge is 0.310 e. The molecule has 0 radical (unpaired) electrons. The van der Waals surface area contributed by atoms with Crippen molar-refractivity contribution < 1.29 is 0 Å². The van der Waals surface area contributed by atoms with Gasteiger partial charge in [0.2, 0.25) is 0 Å². The van der Waals surface area contributed by atoms with E-state index in [9.17, 15) is 0 Å². The van der Waals surface area contributed by atoms with Crippen molar-refractivity contribution in [3.8, 4) is 0 Å². The Bertz CT molecular complexity index is 489. The number of halogens is 1. The van der Waals surface area contributed by atoms with Crippen LogP contribution in [0.25, 0.3) is 10.2 Å². The molecule has 0 aliphatic heterocycles. The molecule has 1 aromatic heterocycles. The van der Waals surface area contributed by atoms with Crippen LogP contribution in [0.3, 0.4) is 0 Å². The highest BCUT2D eigenvalue weighted by atomic mass is 35.5. The first-order valence-corrected chi connectivity index (χ1v) is 8.07. The Kier molecular flexibility index (Phi) is 5.20. The summed E-state index contributed by atoms with van der Waals surface area (Å²) in [4.78, 5) is 4.63. The van der Waals surface area contributed by atoms with Crippen LogP contribution < -0.4 is 5.32 Å². The van der Waals surface area contributed by atoms with Gasteiger partial charge in [0.1, 0.15) is 5.01 Å². The molecule has 0 saturated heterocycles. The monoisotopic (exact) mass is 296 g/mol. The maximum absolute atomic E-state index is 5.75. The fraction of sp³-hybridized carbons (Fsp3) is 0.533. The van der Waals surface area contributed by atoms with Gasteiger partial charge in [-0.2, -0.15) is 0 Å². The molecular weight excluding hydrogens is 276 g/mol. The highest BCUT2D eigenvalue weighted by molar-refractivity contribution is 7.18. The van der Waals surface area contributed by atoms with Gasteiger partial charge < -0.3 is 5.32 Å². The van der Waals surface area contributed by atoms with E-state index >= 15 is 0 Å². The normalized spacial score (nSPS) is 12.2. The first-order chi connectivity index (χ1) is 9.11. The van der Waals surface area contributed by atoms with Gasteiger partial charge in [-0.05, 0) is 30.4 Å². The number of thiazole rings is 1. The molecular formula is C15H21ClN2S. The van der Waals surface area contributed by atoms with Gasteiger partial charge in [0, 0.05) is 19.0 Å². The predicted molar refractivity (Wildman–Crippen MR) is 85.1 cm³/mol. The Hall–Kier alpha value is -0.640. The minimum absolute atomic E-state index is 0.297. The number of nitrogens with one attached hydrogen (secondary N) is 1. The zero-order valence-corrected chi connectivity index (χ0v) is 13.2. The van der Waals surface area contributed by atoms with E-state index in [0.29, 0.717) is 5.41 Å². The molecule has 0 saturated carbocycles. The molecule has 4 heteroatoms. The second kappa shape index (κ2) is 6.69. The lowest BCUT2D eigenvalue weighted by Gasteiger charge is -2.24. The van der Waals surface area contributed by atoms with Gasteiger partial charge in [-0.1, -0.05) is 26.0 Å². The molecule has 0 fully saturated rings.